The minimum Gasteiger partial charge on any atom is -0.494 e. The van der Waals surface area contributed by atoms with Gasteiger partial charge in [0.2, 0.25) is 5.91 Å². The zero-order valence-electron chi connectivity index (χ0n) is 17.2. The SMILES string of the molecule is COc1ccc(C)c2sc(N3CCN(C(=O)CS(=O)(=O)c4ccc(Cl)cc4)CC3)nc12. The molecule has 7 nitrogen and oxygen atoms in total. The Morgan fingerprint density at radius 3 is 2.45 bits per heavy atom. The van der Waals surface area contributed by atoms with E-state index in [1.54, 1.807) is 23.3 Å². The molecule has 0 saturated carbocycles. The Hall–Kier alpha value is -2.36. The van der Waals surface area contributed by atoms with Crippen LogP contribution in [0.5, 0.6) is 5.75 Å². The van der Waals surface area contributed by atoms with Crippen molar-refractivity contribution in [2.75, 3.05) is 43.9 Å². The first-order valence-corrected chi connectivity index (χ1v) is 12.6. The number of ether oxygens (including phenoxy) is 1. The molecule has 1 aromatic heterocycles. The molecule has 0 radical (unpaired) electrons. The number of rotatable bonds is 5. The number of aryl methyl sites for hydroxylation is 1. The molecule has 0 N–H and O–H groups in total. The van der Waals surface area contributed by atoms with Gasteiger partial charge in [0.1, 0.15) is 17.0 Å². The Labute approximate surface area is 190 Å². The van der Waals surface area contributed by atoms with Crippen molar-refractivity contribution < 1.29 is 17.9 Å². The fourth-order valence-corrected chi connectivity index (χ4v) is 5.98. The Kier molecular flexibility index (Phi) is 6.09. The second-order valence-electron chi connectivity index (χ2n) is 7.34. The monoisotopic (exact) mass is 479 g/mol. The lowest BCUT2D eigenvalue weighted by atomic mass is 10.2. The number of sulfone groups is 1. The Morgan fingerprint density at radius 1 is 1.13 bits per heavy atom. The van der Waals surface area contributed by atoms with Crippen molar-refractivity contribution in [2.45, 2.75) is 11.8 Å². The minimum absolute atomic E-state index is 0.0997. The number of anilines is 1. The highest BCUT2D eigenvalue weighted by molar-refractivity contribution is 7.92. The molecule has 3 aromatic rings. The van der Waals surface area contributed by atoms with Crippen LogP contribution in [0.1, 0.15) is 5.56 Å². The summed E-state index contributed by atoms with van der Waals surface area (Å²) in [7, 11) is -2.08. The number of hydrogen-bond donors (Lipinski definition) is 0. The minimum atomic E-state index is -3.71. The van der Waals surface area contributed by atoms with E-state index in [9.17, 15) is 13.2 Å². The van der Waals surface area contributed by atoms with Crippen LogP contribution >= 0.6 is 22.9 Å². The van der Waals surface area contributed by atoms with Crippen molar-refractivity contribution in [1.29, 1.82) is 0 Å². The van der Waals surface area contributed by atoms with Crippen LogP contribution in [0.3, 0.4) is 0 Å². The molecule has 0 atom stereocenters. The van der Waals surface area contributed by atoms with E-state index in [1.165, 1.54) is 24.3 Å². The summed E-state index contributed by atoms with van der Waals surface area (Å²) in [5.74, 6) is -0.202. The number of aromatic nitrogens is 1. The highest BCUT2D eigenvalue weighted by atomic mass is 35.5. The first kappa shape index (κ1) is 21.9. The molecule has 10 heteroatoms. The number of nitrogens with zero attached hydrogens (tertiary/aromatic N) is 3. The van der Waals surface area contributed by atoms with Gasteiger partial charge in [0.05, 0.1) is 16.7 Å². The van der Waals surface area contributed by atoms with E-state index in [-0.39, 0.29) is 4.90 Å². The van der Waals surface area contributed by atoms with Gasteiger partial charge in [0.15, 0.2) is 15.0 Å². The van der Waals surface area contributed by atoms with Crippen LogP contribution in [0.4, 0.5) is 5.13 Å². The van der Waals surface area contributed by atoms with Crippen molar-refractivity contribution in [3.63, 3.8) is 0 Å². The van der Waals surface area contributed by atoms with Crippen molar-refractivity contribution in [2.24, 2.45) is 0 Å². The number of methoxy groups -OCH3 is 1. The zero-order chi connectivity index (χ0) is 22.2. The van der Waals surface area contributed by atoms with Gasteiger partial charge >= 0.3 is 0 Å². The number of hydrogen-bond acceptors (Lipinski definition) is 7. The predicted octanol–water partition coefficient (Wildman–Crippen LogP) is 3.39. The number of halogens is 1. The highest BCUT2D eigenvalue weighted by Gasteiger charge is 2.27. The average Bonchev–Trinajstić information content (AvgIpc) is 3.21. The van der Waals surface area contributed by atoms with E-state index >= 15 is 0 Å². The van der Waals surface area contributed by atoms with Gasteiger partial charge in [-0.25, -0.2) is 13.4 Å². The maximum Gasteiger partial charge on any atom is 0.238 e. The van der Waals surface area contributed by atoms with Crippen molar-refractivity contribution in [3.05, 3.63) is 47.0 Å². The first-order chi connectivity index (χ1) is 14.8. The van der Waals surface area contributed by atoms with Crippen LogP contribution in [0.2, 0.25) is 5.02 Å². The third-order valence-corrected chi connectivity index (χ3v) is 8.42. The van der Waals surface area contributed by atoms with Gasteiger partial charge in [0.25, 0.3) is 0 Å². The van der Waals surface area contributed by atoms with Crippen molar-refractivity contribution in [3.8, 4) is 5.75 Å². The summed E-state index contributed by atoms with van der Waals surface area (Å²) < 4.78 is 31.6. The van der Waals surface area contributed by atoms with Crippen LogP contribution in [0, 0.1) is 6.92 Å². The molecule has 2 heterocycles. The largest absolute Gasteiger partial charge is 0.494 e. The normalized spacial score (nSPS) is 14.8. The van der Waals surface area contributed by atoms with Gasteiger partial charge in [-0.05, 0) is 42.8 Å². The Bertz CT molecular complexity index is 1220. The molecule has 1 aliphatic rings. The molecule has 1 saturated heterocycles. The molecule has 0 bridgehead atoms. The lowest BCUT2D eigenvalue weighted by Gasteiger charge is -2.34. The van der Waals surface area contributed by atoms with Gasteiger partial charge in [-0.2, -0.15) is 0 Å². The van der Waals surface area contributed by atoms with Crippen LogP contribution in [0.25, 0.3) is 10.2 Å². The fraction of sp³-hybridized carbons (Fsp3) is 0.333. The van der Waals surface area contributed by atoms with E-state index in [1.807, 2.05) is 19.1 Å². The van der Waals surface area contributed by atoms with Gasteiger partial charge in [0, 0.05) is 31.2 Å². The molecule has 1 aliphatic heterocycles. The summed E-state index contributed by atoms with van der Waals surface area (Å²) >= 11 is 7.42. The predicted molar refractivity (Wildman–Crippen MR) is 123 cm³/mol. The second-order valence-corrected chi connectivity index (χ2v) is 10.7. The van der Waals surface area contributed by atoms with Crippen LogP contribution in [-0.4, -0.2) is 63.3 Å². The summed E-state index contributed by atoms with van der Waals surface area (Å²) in [5, 5.41) is 1.33. The molecule has 164 valence electrons. The van der Waals surface area contributed by atoms with Crippen LogP contribution in [0.15, 0.2) is 41.3 Å². The smallest absolute Gasteiger partial charge is 0.238 e. The molecule has 1 fully saturated rings. The zero-order valence-corrected chi connectivity index (χ0v) is 19.6. The van der Waals surface area contributed by atoms with E-state index in [0.29, 0.717) is 31.2 Å². The summed E-state index contributed by atoms with van der Waals surface area (Å²) in [5.41, 5.74) is 1.98. The highest BCUT2D eigenvalue weighted by Crippen LogP contribution is 2.36. The topological polar surface area (TPSA) is 79.8 Å². The summed E-state index contributed by atoms with van der Waals surface area (Å²) in [4.78, 5) is 21.2. The summed E-state index contributed by atoms with van der Waals surface area (Å²) in [6.07, 6.45) is 0. The molecule has 0 aliphatic carbocycles. The Balaban J connectivity index is 1.43. The molecular weight excluding hydrogens is 458 g/mol. The maximum atomic E-state index is 12.6. The van der Waals surface area contributed by atoms with Crippen LogP contribution in [-0.2, 0) is 14.6 Å². The third-order valence-electron chi connectivity index (χ3n) is 5.30. The number of carbonyl (C=O) groups excluding carboxylic acids is 1. The standard InChI is InChI=1S/C21H22ClN3O4S2/c1-14-3-8-17(29-2)19-20(14)30-21(23-19)25-11-9-24(10-12-25)18(26)13-31(27,28)16-6-4-15(22)5-7-16/h3-8H,9-13H2,1-2H3. The number of carbonyl (C=O) groups is 1. The lowest BCUT2D eigenvalue weighted by molar-refractivity contribution is -0.128. The molecule has 0 spiro atoms. The molecular formula is C21H22ClN3O4S2. The average molecular weight is 480 g/mol. The maximum absolute atomic E-state index is 12.6. The second kappa shape index (κ2) is 8.64. The first-order valence-electron chi connectivity index (χ1n) is 9.73. The lowest BCUT2D eigenvalue weighted by Crippen LogP contribution is -2.50. The number of fused-ring (bicyclic) bond motifs is 1. The van der Waals surface area contributed by atoms with Crippen molar-refractivity contribution in [1.82, 2.24) is 9.88 Å². The van der Waals surface area contributed by atoms with Crippen molar-refractivity contribution >= 4 is 54.0 Å². The molecule has 1 amide bonds. The van der Waals surface area contributed by atoms with E-state index in [0.717, 1.165) is 26.7 Å². The van der Waals surface area contributed by atoms with E-state index in [4.69, 9.17) is 21.3 Å². The number of thiazole rings is 1. The molecule has 31 heavy (non-hydrogen) atoms. The van der Waals surface area contributed by atoms with Gasteiger partial charge in [-0.15, -0.1) is 0 Å². The van der Waals surface area contributed by atoms with Gasteiger partial charge in [-0.3, -0.25) is 4.79 Å². The third kappa shape index (κ3) is 4.49. The summed E-state index contributed by atoms with van der Waals surface area (Å²) in [6.45, 7) is 4.12. The molecule has 2 aromatic carbocycles. The fourth-order valence-electron chi connectivity index (χ4n) is 3.52. The summed E-state index contributed by atoms with van der Waals surface area (Å²) in [6, 6.07) is 9.79. The molecule has 4 rings (SSSR count). The number of piperazine rings is 1. The van der Waals surface area contributed by atoms with Gasteiger partial charge < -0.3 is 14.5 Å². The van der Waals surface area contributed by atoms with Crippen LogP contribution < -0.4 is 9.64 Å². The Morgan fingerprint density at radius 2 is 1.81 bits per heavy atom. The quantitative estimate of drug-likeness (QED) is 0.558. The van der Waals surface area contributed by atoms with Gasteiger partial charge in [-0.1, -0.05) is 29.0 Å². The molecule has 0 unspecified atom stereocenters. The number of amides is 1. The number of benzene rings is 2. The van der Waals surface area contributed by atoms with E-state index in [2.05, 4.69) is 4.90 Å². The van der Waals surface area contributed by atoms with E-state index < -0.39 is 21.5 Å².